The first kappa shape index (κ1) is 21.8. The van der Waals surface area contributed by atoms with Crippen LogP contribution in [-0.4, -0.2) is 41.3 Å². The highest BCUT2D eigenvalue weighted by atomic mass is 19.4. The van der Waals surface area contributed by atoms with Gasteiger partial charge in [0, 0.05) is 19.5 Å². The lowest BCUT2D eigenvalue weighted by atomic mass is 10.1. The number of hydrogen-bond donors (Lipinski definition) is 1. The molecule has 0 saturated carbocycles. The monoisotopic (exact) mass is 402 g/mol. The molecular weight excluding hydrogens is 377 g/mol. The quantitative estimate of drug-likeness (QED) is 0.788. The van der Waals surface area contributed by atoms with E-state index < -0.39 is 30.4 Å². The number of anilines is 1. The number of ether oxygens (including phenoxy) is 2. The number of nitrogens with one attached hydrogen (secondary N) is 1. The molecule has 1 aliphatic rings. The summed E-state index contributed by atoms with van der Waals surface area (Å²) >= 11 is 0. The van der Waals surface area contributed by atoms with Crippen LogP contribution in [0.2, 0.25) is 0 Å². The minimum absolute atomic E-state index is 0.0471. The first-order valence-corrected chi connectivity index (χ1v) is 8.99. The Kier molecular flexibility index (Phi) is 6.46. The van der Waals surface area contributed by atoms with Crippen LogP contribution in [0.3, 0.4) is 0 Å². The van der Waals surface area contributed by atoms with Crippen LogP contribution < -0.4 is 10.1 Å². The van der Waals surface area contributed by atoms with Crippen molar-refractivity contribution in [1.82, 2.24) is 4.90 Å². The molecule has 1 aliphatic heterocycles. The van der Waals surface area contributed by atoms with Crippen LogP contribution in [0.5, 0.6) is 5.75 Å². The summed E-state index contributed by atoms with van der Waals surface area (Å²) < 4.78 is 48.2. The van der Waals surface area contributed by atoms with Crippen molar-refractivity contribution in [2.75, 3.05) is 11.9 Å². The van der Waals surface area contributed by atoms with Crippen LogP contribution in [0.15, 0.2) is 18.2 Å². The Balaban J connectivity index is 2.13. The molecule has 2 amide bonds. The Labute approximate surface area is 162 Å². The summed E-state index contributed by atoms with van der Waals surface area (Å²) in [5.41, 5.74) is 0.322. The van der Waals surface area contributed by atoms with Gasteiger partial charge in [-0.15, -0.1) is 0 Å². The normalized spacial score (nSPS) is 16.7. The van der Waals surface area contributed by atoms with Crippen molar-refractivity contribution in [1.29, 1.82) is 0 Å². The van der Waals surface area contributed by atoms with Crippen molar-refractivity contribution in [3.05, 3.63) is 23.8 Å². The van der Waals surface area contributed by atoms with E-state index in [2.05, 4.69) is 5.32 Å². The highest BCUT2D eigenvalue weighted by Gasteiger charge is 2.29. The summed E-state index contributed by atoms with van der Waals surface area (Å²) in [7, 11) is 0. The van der Waals surface area contributed by atoms with Gasteiger partial charge in [0.05, 0.1) is 5.69 Å². The van der Waals surface area contributed by atoms with Crippen LogP contribution in [0.4, 0.5) is 23.7 Å². The zero-order chi connectivity index (χ0) is 21.1. The Morgan fingerprint density at radius 3 is 2.57 bits per heavy atom. The maximum absolute atomic E-state index is 12.5. The van der Waals surface area contributed by atoms with Gasteiger partial charge in [0.2, 0.25) is 0 Å². The summed E-state index contributed by atoms with van der Waals surface area (Å²) in [5, 5.41) is 2.71. The van der Waals surface area contributed by atoms with E-state index in [0.29, 0.717) is 17.0 Å². The van der Waals surface area contributed by atoms with E-state index in [0.717, 1.165) is 0 Å². The lowest BCUT2D eigenvalue weighted by Crippen LogP contribution is -2.37. The summed E-state index contributed by atoms with van der Waals surface area (Å²) in [5.74, 6) is 0.204. The predicted molar refractivity (Wildman–Crippen MR) is 97.1 cm³/mol. The molecule has 1 atom stereocenters. The van der Waals surface area contributed by atoms with Gasteiger partial charge in [-0.25, -0.2) is 4.79 Å². The van der Waals surface area contributed by atoms with E-state index in [1.807, 2.05) is 0 Å². The molecule has 2 rings (SSSR count). The fraction of sp³-hybridized carbons (Fsp3) is 0.579. The highest BCUT2D eigenvalue weighted by molar-refractivity contribution is 5.97. The molecule has 1 aromatic rings. The lowest BCUT2D eigenvalue weighted by molar-refractivity contribution is -0.136. The first-order valence-electron chi connectivity index (χ1n) is 8.99. The Bertz CT molecular complexity index is 729. The number of fused-ring (bicyclic) bond motifs is 1. The zero-order valence-electron chi connectivity index (χ0n) is 16.4. The van der Waals surface area contributed by atoms with Gasteiger partial charge in [-0.1, -0.05) is 6.07 Å². The molecule has 0 aromatic heterocycles. The van der Waals surface area contributed by atoms with Crippen LogP contribution in [0.1, 0.15) is 46.1 Å². The van der Waals surface area contributed by atoms with Gasteiger partial charge in [-0.2, -0.15) is 13.2 Å². The summed E-state index contributed by atoms with van der Waals surface area (Å²) in [6, 6.07) is 4.99. The molecule has 0 aliphatic carbocycles. The van der Waals surface area contributed by atoms with Crippen LogP contribution in [-0.2, 0) is 16.1 Å². The average Bonchev–Trinajstić information content (AvgIpc) is 2.52. The van der Waals surface area contributed by atoms with Crippen molar-refractivity contribution in [2.45, 2.75) is 65.0 Å². The third kappa shape index (κ3) is 6.61. The first-order chi connectivity index (χ1) is 12.8. The van der Waals surface area contributed by atoms with Gasteiger partial charge >= 0.3 is 12.3 Å². The Morgan fingerprint density at radius 2 is 1.96 bits per heavy atom. The number of carbonyl (C=O) groups is 2. The van der Waals surface area contributed by atoms with Crippen molar-refractivity contribution < 1.29 is 32.2 Å². The topological polar surface area (TPSA) is 67.9 Å². The third-order valence-corrected chi connectivity index (χ3v) is 3.89. The van der Waals surface area contributed by atoms with E-state index in [4.69, 9.17) is 9.47 Å². The molecule has 0 fully saturated rings. The SMILES string of the molecule is CC1Oc2ccc(CN(CCCC(F)(F)F)C(=O)OC(C)(C)C)cc2NC1=O. The number of carbonyl (C=O) groups excluding carboxylic acids is 2. The van der Waals surface area contributed by atoms with Gasteiger partial charge in [-0.3, -0.25) is 4.79 Å². The molecule has 156 valence electrons. The van der Waals surface area contributed by atoms with E-state index in [9.17, 15) is 22.8 Å². The van der Waals surface area contributed by atoms with Crippen molar-refractivity contribution in [3.63, 3.8) is 0 Å². The van der Waals surface area contributed by atoms with Crippen molar-refractivity contribution in [2.24, 2.45) is 0 Å². The van der Waals surface area contributed by atoms with Crippen LogP contribution in [0, 0.1) is 0 Å². The summed E-state index contributed by atoms with van der Waals surface area (Å²) in [4.78, 5) is 25.4. The maximum atomic E-state index is 12.5. The molecule has 1 unspecified atom stereocenters. The number of hydrogen-bond acceptors (Lipinski definition) is 4. The fourth-order valence-electron chi connectivity index (χ4n) is 2.61. The smallest absolute Gasteiger partial charge is 0.410 e. The number of alkyl halides is 3. The molecule has 9 heteroatoms. The molecule has 0 spiro atoms. The fourth-order valence-corrected chi connectivity index (χ4v) is 2.61. The minimum atomic E-state index is -4.29. The second-order valence-electron chi connectivity index (χ2n) is 7.70. The molecular formula is C19H25F3N2O4. The second-order valence-corrected chi connectivity index (χ2v) is 7.70. The molecule has 0 saturated heterocycles. The van der Waals surface area contributed by atoms with E-state index in [1.54, 1.807) is 45.9 Å². The van der Waals surface area contributed by atoms with Crippen molar-refractivity contribution >= 4 is 17.7 Å². The molecule has 1 heterocycles. The molecule has 0 radical (unpaired) electrons. The van der Waals surface area contributed by atoms with Crippen LogP contribution in [0.25, 0.3) is 0 Å². The van der Waals surface area contributed by atoms with E-state index >= 15 is 0 Å². The Morgan fingerprint density at radius 1 is 1.29 bits per heavy atom. The number of nitrogens with zero attached hydrogens (tertiary/aromatic N) is 1. The largest absolute Gasteiger partial charge is 0.479 e. The number of amides is 2. The van der Waals surface area contributed by atoms with E-state index in [-0.39, 0.29) is 25.4 Å². The highest BCUT2D eigenvalue weighted by Crippen LogP contribution is 2.31. The van der Waals surface area contributed by atoms with Gasteiger partial charge < -0.3 is 19.7 Å². The summed E-state index contributed by atoms with van der Waals surface area (Å²) in [6.45, 7) is 6.62. The number of halogens is 3. The molecule has 28 heavy (non-hydrogen) atoms. The van der Waals surface area contributed by atoms with Crippen LogP contribution >= 0.6 is 0 Å². The predicted octanol–water partition coefficient (Wildman–Crippen LogP) is 4.49. The maximum Gasteiger partial charge on any atom is 0.410 e. The molecule has 1 aromatic carbocycles. The molecule has 1 N–H and O–H groups in total. The van der Waals surface area contributed by atoms with Gasteiger partial charge in [0.25, 0.3) is 5.91 Å². The number of rotatable bonds is 5. The summed E-state index contributed by atoms with van der Waals surface area (Å²) in [6.07, 6.45) is -6.81. The van der Waals surface area contributed by atoms with Gasteiger partial charge in [-0.05, 0) is 51.8 Å². The second kappa shape index (κ2) is 8.28. The standard InChI is InChI=1S/C19H25F3N2O4/c1-12-16(25)23-14-10-13(6-7-15(14)27-12)11-24(9-5-8-19(20,21)22)17(26)28-18(2,3)4/h6-7,10,12H,5,8-9,11H2,1-4H3,(H,23,25). The average molecular weight is 402 g/mol. The Hall–Kier alpha value is -2.45. The lowest BCUT2D eigenvalue weighted by Gasteiger charge is -2.28. The molecule has 0 bridgehead atoms. The molecule has 6 nitrogen and oxygen atoms in total. The zero-order valence-corrected chi connectivity index (χ0v) is 16.4. The van der Waals surface area contributed by atoms with E-state index in [1.165, 1.54) is 4.90 Å². The number of benzene rings is 1. The van der Waals surface area contributed by atoms with Gasteiger partial charge in [0.1, 0.15) is 11.4 Å². The van der Waals surface area contributed by atoms with Gasteiger partial charge in [0.15, 0.2) is 6.10 Å². The third-order valence-electron chi connectivity index (χ3n) is 3.89. The minimum Gasteiger partial charge on any atom is -0.479 e. The van der Waals surface area contributed by atoms with Crippen molar-refractivity contribution in [3.8, 4) is 5.75 Å².